The van der Waals surface area contributed by atoms with Gasteiger partial charge in [-0.1, -0.05) is 12.1 Å². The van der Waals surface area contributed by atoms with E-state index in [1.54, 1.807) is 48.8 Å². The molecular formula is C24H23FN4O4S. The Kier molecular flexibility index (Phi) is 7.29. The summed E-state index contributed by atoms with van der Waals surface area (Å²) in [4.78, 5) is 29.1. The average molecular weight is 483 g/mol. The summed E-state index contributed by atoms with van der Waals surface area (Å²) in [6.45, 7) is 2.22. The maximum absolute atomic E-state index is 14.9. The van der Waals surface area contributed by atoms with Crippen molar-refractivity contribution in [1.82, 2.24) is 15.0 Å². The summed E-state index contributed by atoms with van der Waals surface area (Å²) in [5.41, 5.74) is 2.31. The molecule has 1 unspecified atom stereocenters. The summed E-state index contributed by atoms with van der Waals surface area (Å²) in [5, 5.41) is 2.61. The lowest BCUT2D eigenvalue weighted by molar-refractivity contribution is -0.119. The molecule has 0 aliphatic carbocycles. The van der Waals surface area contributed by atoms with Gasteiger partial charge >= 0.3 is 6.09 Å². The highest BCUT2D eigenvalue weighted by Gasteiger charge is 2.32. The number of anilines is 1. The molecule has 0 bridgehead atoms. The van der Waals surface area contributed by atoms with Gasteiger partial charge in [-0.25, -0.2) is 18.1 Å². The molecule has 0 saturated carbocycles. The van der Waals surface area contributed by atoms with Gasteiger partial charge in [-0.2, -0.15) is 0 Å². The Morgan fingerprint density at radius 1 is 1.18 bits per heavy atom. The van der Waals surface area contributed by atoms with Crippen LogP contribution in [0.4, 0.5) is 14.9 Å². The summed E-state index contributed by atoms with van der Waals surface area (Å²) in [6.07, 6.45) is 2.25. The van der Waals surface area contributed by atoms with Crippen molar-refractivity contribution in [2.24, 2.45) is 0 Å². The molecule has 0 spiro atoms. The number of benzene rings is 2. The fraction of sp³-hybridized carbons (Fsp3) is 0.208. The summed E-state index contributed by atoms with van der Waals surface area (Å²) >= 11 is 0. The molecule has 2 amide bonds. The highest BCUT2D eigenvalue weighted by molar-refractivity contribution is 7.83. The Hall–Kier alpha value is -3.63. The number of hydrogen-bond donors (Lipinski definition) is 2. The van der Waals surface area contributed by atoms with Crippen molar-refractivity contribution in [2.45, 2.75) is 24.5 Å². The van der Waals surface area contributed by atoms with Crippen LogP contribution in [0.15, 0.2) is 71.9 Å². The van der Waals surface area contributed by atoms with Gasteiger partial charge in [0.05, 0.1) is 23.7 Å². The SMILES string of the molecule is CC(=O)NC[C@H]1CN(c2ccc(-c3ccc(S(=O)NCc4ccncc4)cc3)c(F)c2)C(=O)O1. The van der Waals surface area contributed by atoms with Crippen molar-refractivity contribution >= 4 is 28.7 Å². The maximum atomic E-state index is 14.9. The fourth-order valence-corrected chi connectivity index (χ4v) is 4.34. The van der Waals surface area contributed by atoms with Gasteiger partial charge in [-0.3, -0.25) is 14.7 Å². The van der Waals surface area contributed by atoms with Crippen molar-refractivity contribution in [3.63, 3.8) is 0 Å². The maximum Gasteiger partial charge on any atom is 0.414 e. The third kappa shape index (κ3) is 5.64. The van der Waals surface area contributed by atoms with Gasteiger partial charge in [-0.15, -0.1) is 0 Å². The molecule has 1 fully saturated rings. The van der Waals surface area contributed by atoms with Gasteiger partial charge in [0.1, 0.15) is 22.9 Å². The number of carbonyl (C=O) groups excluding carboxylic acids is 2. The molecule has 2 aromatic carbocycles. The van der Waals surface area contributed by atoms with E-state index in [9.17, 15) is 18.2 Å². The van der Waals surface area contributed by atoms with Crippen LogP contribution >= 0.6 is 0 Å². The second kappa shape index (κ2) is 10.5. The third-order valence-corrected chi connectivity index (χ3v) is 6.36. The van der Waals surface area contributed by atoms with Gasteiger partial charge in [0.15, 0.2) is 0 Å². The lowest BCUT2D eigenvalue weighted by Crippen LogP contribution is -2.33. The largest absolute Gasteiger partial charge is 0.442 e. The zero-order valence-corrected chi connectivity index (χ0v) is 19.2. The molecule has 0 radical (unpaired) electrons. The minimum absolute atomic E-state index is 0.198. The molecule has 2 heterocycles. The van der Waals surface area contributed by atoms with Crippen LogP contribution in [0, 0.1) is 5.82 Å². The zero-order valence-electron chi connectivity index (χ0n) is 18.4. The Morgan fingerprint density at radius 2 is 1.91 bits per heavy atom. The van der Waals surface area contributed by atoms with Crippen molar-refractivity contribution in [3.05, 3.63) is 78.4 Å². The monoisotopic (exact) mass is 482 g/mol. The number of carbonyl (C=O) groups is 2. The van der Waals surface area contributed by atoms with Crippen LogP contribution in [0.1, 0.15) is 12.5 Å². The van der Waals surface area contributed by atoms with Crippen LogP contribution in [-0.2, 0) is 27.1 Å². The van der Waals surface area contributed by atoms with E-state index in [2.05, 4.69) is 15.0 Å². The molecule has 1 aromatic heterocycles. The number of aromatic nitrogens is 1. The van der Waals surface area contributed by atoms with Crippen molar-refractivity contribution in [2.75, 3.05) is 18.0 Å². The van der Waals surface area contributed by atoms with Crippen molar-refractivity contribution in [1.29, 1.82) is 0 Å². The second-order valence-corrected chi connectivity index (χ2v) is 8.98. The van der Waals surface area contributed by atoms with Crippen LogP contribution in [0.2, 0.25) is 0 Å². The Balaban J connectivity index is 1.41. The molecular weight excluding hydrogens is 459 g/mol. The molecule has 8 nitrogen and oxygen atoms in total. The van der Waals surface area contributed by atoms with Crippen LogP contribution in [-0.4, -0.2) is 40.4 Å². The molecule has 1 aliphatic rings. The van der Waals surface area contributed by atoms with E-state index in [0.717, 1.165) is 5.56 Å². The lowest BCUT2D eigenvalue weighted by atomic mass is 10.0. The highest BCUT2D eigenvalue weighted by atomic mass is 32.2. The van der Waals surface area contributed by atoms with Gasteiger partial charge in [0.2, 0.25) is 5.91 Å². The number of halogens is 1. The molecule has 10 heteroatoms. The molecule has 4 rings (SSSR count). The number of cyclic esters (lactones) is 1. The van der Waals surface area contributed by atoms with Crippen molar-refractivity contribution < 1.29 is 22.9 Å². The lowest BCUT2D eigenvalue weighted by Gasteiger charge is -2.14. The summed E-state index contributed by atoms with van der Waals surface area (Å²) < 4.78 is 35.6. The van der Waals surface area contributed by atoms with Crippen LogP contribution < -0.4 is 14.9 Å². The fourth-order valence-electron chi connectivity index (χ4n) is 3.49. The number of amides is 2. The quantitative estimate of drug-likeness (QED) is 0.514. The third-order valence-electron chi connectivity index (χ3n) is 5.25. The Labute approximate surface area is 198 Å². The predicted octanol–water partition coefficient (Wildman–Crippen LogP) is 3.16. The van der Waals surface area contributed by atoms with Crippen LogP contribution in [0.3, 0.4) is 0 Å². The van der Waals surface area contributed by atoms with Gasteiger partial charge in [-0.05, 0) is 53.6 Å². The van der Waals surface area contributed by atoms with E-state index in [0.29, 0.717) is 28.3 Å². The first-order valence-electron chi connectivity index (χ1n) is 10.6. The van der Waals surface area contributed by atoms with E-state index >= 15 is 0 Å². The molecule has 1 aliphatic heterocycles. The van der Waals surface area contributed by atoms with Gasteiger partial charge in [0, 0.05) is 31.4 Å². The van der Waals surface area contributed by atoms with E-state index in [1.807, 2.05) is 12.1 Å². The first-order chi connectivity index (χ1) is 16.4. The first kappa shape index (κ1) is 23.5. The number of nitrogens with one attached hydrogen (secondary N) is 2. The number of ether oxygens (including phenoxy) is 1. The first-order valence-corrected chi connectivity index (χ1v) is 11.7. The normalized spacial score (nSPS) is 16.2. The number of pyridine rings is 1. The summed E-state index contributed by atoms with van der Waals surface area (Å²) in [5.74, 6) is -0.718. The topological polar surface area (TPSA) is 101 Å². The standard InChI is InChI=1S/C24H23FN4O4S/c1-16(30)27-14-20-15-29(24(31)33-20)19-4-7-22(23(25)12-19)18-2-5-21(6-3-18)34(32)28-13-17-8-10-26-11-9-17/h2-12,20,28H,13-15H2,1H3,(H,27,30)/t20-,34?/m0/s1. The molecule has 1 saturated heterocycles. The molecule has 2 N–H and O–H groups in total. The number of rotatable bonds is 8. The molecule has 176 valence electrons. The molecule has 2 atom stereocenters. The zero-order chi connectivity index (χ0) is 24.1. The van der Waals surface area contributed by atoms with Crippen LogP contribution in [0.25, 0.3) is 11.1 Å². The van der Waals surface area contributed by atoms with E-state index < -0.39 is 29.0 Å². The summed E-state index contributed by atoms with van der Waals surface area (Å²) in [7, 11) is -1.42. The number of nitrogens with zero attached hydrogens (tertiary/aromatic N) is 2. The minimum Gasteiger partial charge on any atom is -0.442 e. The predicted molar refractivity (Wildman–Crippen MR) is 126 cm³/mol. The summed E-state index contributed by atoms with van der Waals surface area (Å²) in [6, 6.07) is 15.0. The van der Waals surface area contributed by atoms with E-state index in [-0.39, 0.29) is 19.0 Å². The minimum atomic E-state index is -1.42. The van der Waals surface area contributed by atoms with Crippen LogP contribution in [0.5, 0.6) is 0 Å². The highest BCUT2D eigenvalue weighted by Crippen LogP contribution is 2.29. The Morgan fingerprint density at radius 3 is 2.59 bits per heavy atom. The van der Waals surface area contributed by atoms with E-state index in [4.69, 9.17) is 4.74 Å². The second-order valence-electron chi connectivity index (χ2n) is 7.69. The van der Waals surface area contributed by atoms with Gasteiger partial charge < -0.3 is 10.1 Å². The average Bonchev–Trinajstić information content (AvgIpc) is 3.22. The Bertz CT molecular complexity index is 1210. The van der Waals surface area contributed by atoms with Crippen molar-refractivity contribution in [3.8, 4) is 11.1 Å². The smallest absolute Gasteiger partial charge is 0.414 e. The molecule has 34 heavy (non-hydrogen) atoms. The van der Waals surface area contributed by atoms with Gasteiger partial charge in [0.25, 0.3) is 0 Å². The number of hydrogen-bond acceptors (Lipinski definition) is 5. The molecule has 3 aromatic rings. The van der Waals surface area contributed by atoms with E-state index in [1.165, 1.54) is 17.9 Å².